The van der Waals surface area contributed by atoms with Gasteiger partial charge in [-0.25, -0.2) is 4.68 Å². The third-order valence-corrected chi connectivity index (χ3v) is 3.26. The molecule has 0 spiro atoms. The van der Waals surface area contributed by atoms with Crippen molar-refractivity contribution in [1.82, 2.24) is 15.1 Å². The number of ether oxygens (including phenoxy) is 1. The first-order valence-corrected chi connectivity index (χ1v) is 7.13. The maximum atomic E-state index is 12.1. The predicted octanol–water partition coefficient (Wildman–Crippen LogP) is 1.73. The second-order valence-corrected chi connectivity index (χ2v) is 4.98. The summed E-state index contributed by atoms with van der Waals surface area (Å²) >= 11 is 5.89. The summed E-state index contributed by atoms with van der Waals surface area (Å²) in [6, 6.07) is 7.89. The van der Waals surface area contributed by atoms with E-state index in [1.807, 2.05) is 0 Å². The molecule has 0 unspecified atom stereocenters. The molecule has 7 heteroatoms. The molecule has 1 heterocycles. The Kier molecular flexibility index (Phi) is 5.55. The van der Waals surface area contributed by atoms with Crippen LogP contribution in [0.2, 0.25) is 5.02 Å². The standard InChI is InChI=1S/C15H16ClN3O3/c1-22-13-6-5-11(16)10-12(13)15(21)17-7-3-9-19-14(20)4-2-8-18-19/h2,4-6,8,10H,3,7,9H2,1H3,(H,17,21). The molecule has 116 valence electrons. The Hall–Kier alpha value is -2.34. The minimum atomic E-state index is -0.271. The molecule has 0 radical (unpaired) electrons. The third-order valence-electron chi connectivity index (χ3n) is 3.02. The normalized spacial score (nSPS) is 10.3. The van der Waals surface area contributed by atoms with Gasteiger partial charge in [-0.1, -0.05) is 11.6 Å². The minimum absolute atomic E-state index is 0.162. The van der Waals surface area contributed by atoms with E-state index in [0.717, 1.165) is 0 Å². The van der Waals surface area contributed by atoms with Gasteiger partial charge in [0.2, 0.25) is 0 Å². The van der Waals surface area contributed by atoms with E-state index in [-0.39, 0.29) is 11.5 Å². The second kappa shape index (κ2) is 7.61. The first kappa shape index (κ1) is 16.0. The number of methoxy groups -OCH3 is 1. The number of nitrogens with one attached hydrogen (secondary N) is 1. The van der Waals surface area contributed by atoms with Gasteiger partial charge in [-0.3, -0.25) is 9.59 Å². The number of carbonyl (C=O) groups excluding carboxylic acids is 1. The number of halogens is 1. The zero-order valence-electron chi connectivity index (χ0n) is 12.1. The molecule has 0 saturated carbocycles. The Morgan fingerprint density at radius 3 is 2.95 bits per heavy atom. The molecule has 2 rings (SSSR count). The molecule has 0 aliphatic rings. The largest absolute Gasteiger partial charge is 0.496 e. The number of nitrogens with zero attached hydrogens (tertiary/aromatic N) is 2. The zero-order valence-corrected chi connectivity index (χ0v) is 12.8. The van der Waals surface area contributed by atoms with Gasteiger partial charge in [0.1, 0.15) is 5.75 Å². The van der Waals surface area contributed by atoms with E-state index in [1.165, 1.54) is 17.9 Å². The van der Waals surface area contributed by atoms with Crippen LogP contribution in [0.25, 0.3) is 0 Å². The molecule has 1 aromatic carbocycles. The SMILES string of the molecule is COc1ccc(Cl)cc1C(=O)NCCCn1ncccc1=O. The third kappa shape index (κ3) is 4.08. The summed E-state index contributed by atoms with van der Waals surface area (Å²) in [5, 5.41) is 7.18. The molecule has 0 saturated heterocycles. The monoisotopic (exact) mass is 321 g/mol. The van der Waals surface area contributed by atoms with Crippen LogP contribution in [0.15, 0.2) is 41.3 Å². The summed E-state index contributed by atoms with van der Waals surface area (Å²) in [6.07, 6.45) is 2.14. The Morgan fingerprint density at radius 2 is 2.23 bits per heavy atom. The highest BCUT2D eigenvalue weighted by atomic mass is 35.5. The smallest absolute Gasteiger partial charge is 0.266 e. The van der Waals surface area contributed by atoms with Gasteiger partial charge in [0.05, 0.1) is 12.7 Å². The average Bonchev–Trinajstić information content (AvgIpc) is 2.52. The van der Waals surface area contributed by atoms with E-state index >= 15 is 0 Å². The van der Waals surface area contributed by atoms with Crippen molar-refractivity contribution in [2.24, 2.45) is 0 Å². The van der Waals surface area contributed by atoms with E-state index in [9.17, 15) is 9.59 Å². The van der Waals surface area contributed by atoms with E-state index in [1.54, 1.807) is 30.5 Å². The first-order valence-electron chi connectivity index (χ1n) is 6.75. The fraction of sp³-hybridized carbons (Fsp3) is 0.267. The predicted molar refractivity (Wildman–Crippen MR) is 83.5 cm³/mol. The summed E-state index contributed by atoms with van der Waals surface area (Å²) in [6.45, 7) is 0.851. The number of hydrogen-bond donors (Lipinski definition) is 1. The number of aryl methyl sites for hydroxylation is 1. The zero-order chi connectivity index (χ0) is 15.9. The summed E-state index contributed by atoms with van der Waals surface area (Å²) in [4.78, 5) is 23.6. The summed E-state index contributed by atoms with van der Waals surface area (Å²) in [5.41, 5.74) is 0.218. The van der Waals surface area contributed by atoms with Gasteiger partial charge in [0, 0.05) is 30.4 Å². The van der Waals surface area contributed by atoms with Gasteiger partial charge in [0.15, 0.2) is 0 Å². The number of rotatable bonds is 6. The van der Waals surface area contributed by atoms with Crippen molar-refractivity contribution in [2.45, 2.75) is 13.0 Å². The van der Waals surface area contributed by atoms with Gasteiger partial charge in [0.25, 0.3) is 11.5 Å². The second-order valence-electron chi connectivity index (χ2n) is 4.54. The first-order chi connectivity index (χ1) is 10.6. The molecular weight excluding hydrogens is 306 g/mol. The van der Waals surface area contributed by atoms with E-state index < -0.39 is 0 Å². The van der Waals surface area contributed by atoms with Crippen LogP contribution in [0.4, 0.5) is 0 Å². The van der Waals surface area contributed by atoms with Crippen LogP contribution >= 0.6 is 11.6 Å². The van der Waals surface area contributed by atoms with Crippen molar-refractivity contribution in [3.05, 3.63) is 57.5 Å². The van der Waals surface area contributed by atoms with Gasteiger partial charge in [-0.2, -0.15) is 5.10 Å². The lowest BCUT2D eigenvalue weighted by molar-refractivity contribution is 0.0949. The lowest BCUT2D eigenvalue weighted by atomic mass is 10.2. The molecule has 2 aromatic rings. The van der Waals surface area contributed by atoms with Gasteiger partial charge in [-0.05, 0) is 30.7 Å². The Bertz CT molecular complexity index is 715. The molecule has 0 fully saturated rings. The average molecular weight is 322 g/mol. The van der Waals surface area contributed by atoms with E-state index in [4.69, 9.17) is 16.3 Å². The number of benzene rings is 1. The Morgan fingerprint density at radius 1 is 1.41 bits per heavy atom. The molecule has 0 aliphatic carbocycles. The van der Waals surface area contributed by atoms with Crippen LogP contribution in [0.1, 0.15) is 16.8 Å². The van der Waals surface area contributed by atoms with Gasteiger partial charge in [-0.15, -0.1) is 0 Å². The topological polar surface area (TPSA) is 73.2 Å². The molecule has 22 heavy (non-hydrogen) atoms. The lowest BCUT2D eigenvalue weighted by Crippen LogP contribution is -2.28. The number of hydrogen-bond acceptors (Lipinski definition) is 4. The molecule has 0 bridgehead atoms. The fourth-order valence-corrected chi connectivity index (χ4v) is 2.11. The summed E-state index contributed by atoms with van der Waals surface area (Å²) < 4.78 is 6.49. The van der Waals surface area contributed by atoms with Crippen molar-refractivity contribution in [3.63, 3.8) is 0 Å². The number of aromatic nitrogens is 2. The molecular formula is C15H16ClN3O3. The number of carbonyl (C=O) groups is 1. The molecule has 1 N–H and O–H groups in total. The van der Waals surface area contributed by atoms with Crippen LogP contribution in [-0.4, -0.2) is 29.3 Å². The minimum Gasteiger partial charge on any atom is -0.496 e. The van der Waals surface area contributed by atoms with Crippen molar-refractivity contribution in [1.29, 1.82) is 0 Å². The van der Waals surface area contributed by atoms with Crippen molar-refractivity contribution in [2.75, 3.05) is 13.7 Å². The van der Waals surface area contributed by atoms with Crippen molar-refractivity contribution in [3.8, 4) is 5.75 Å². The Balaban J connectivity index is 1.90. The van der Waals surface area contributed by atoms with Crippen LogP contribution < -0.4 is 15.6 Å². The summed E-state index contributed by atoms with van der Waals surface area (Å²) in [5.74, 6) is 0.190. The highest BCUT2D eigenvalue weighted by molar-refractivity contribution is 6.31. The van der Waals surface area contributed by atoms with Crippen LogP contribution in [0.3, 0.4) is 0 Å². The van der Waals surface area contributed by atoms with E-state index in [2.05, 4.69) is 10.4 Å². The van der Waals surface area contributed by atoms with Crippen LogP contribution in [-0.2, 0) is 6.54 Å². The van der Waals surface area contributed by atoms with Gasteiger partial charge >= 0.3 is 0 Å². The van der Waals surface area contributed by atoms with E-state index in [0.29, 0.717) is 35.8 Å². The highest BCUT2D eigenvalue weighted by Crippen LogP contribution is 2.22. The summed E-state index contributed by atoms with van der Waals surface area (Å²) in [7, 11) is 1.49. The maximum Gasteiger partial charge on any atom is 0.266 e. The molecule has 1 aromatic heterocycles. The van der Waals surface area contributed by atoms with Crippen molar-refractivity contribution < 1.29 is 9.53 Å². The number of amides is 1. The Labute approximate surface area is 132 Å². The lowest BCUT2D eigenvalue weighted by Gasteiger charge is -2.10. The molecule has 0 aliphatic heterocycles. The van der Waals surface area contributed by atoms with Crippen LogP contribution in [0.5, 0.6) is 5.75 Å². The highest BCUT2D eigenvalue weighted by Gasteiger charge is 2.12. The van der Waals surface area contributed by atoms with Gasteiger partial charge < -0.3 is 10.1 Å². The maximum absolute atomic E-state index is 12.1. The van der Waals surface area contributed by atoms with Crippen molar-refractivity contribution >= 4 is 17.5 Å². The molecule has 0 atom stereocenters. The van der Waals surface area contributed by atoms with Crippen LogP contribution in [0, 0.1) is 0 Å². The quantitative estimate of drug-likeness (QED) is 0.822. The molecule has 1 amide bonds. The fourth-order valence-electron chi connectivity index (χ4n) is 1.94. The molecule has 6 nitrogen and oxygen atoms in total.